The molecular formula is C118H97BN4. The van der Waals surface area contributed by atoms with Crippen LogP contribution in [0, 0.1) is 0 Å². The number of benzene rings is 17. The van der Waals surface area contributed by atoms with E-state index in [-0.39, 0.29) is 23.4 Å². The molecule has 0 saturated heterocycles. The van der Waals surface area contributed by atoms with Gasteiger partial charge in [0.25, 0.3) is 0 Å². The van der Waals surface area contributed by atoms with Gasteiger partial charge in [-0.05, 0) is 237 Å². The molecule has 17 aromatic carbocycles. The van der Waals surface area contributed by atoms with E-state index in [1.807, 2.05) is 0 Å². The molecule has 1 atom stereocenters. The van der Waals surface area contributed by atoms with Crippen molar-refractivity contribution in [2.45, 2.75) is 84.4 Å². The standard InChI is InChI=1S/C118H97BN4/c1-78-100(88-51-61-98(62-52-88)122-108-65-55-93(116(2,3)4)73-105(108)106-74-94(117(5,6)7)56-66-109(106)122)67-68-120-111-75-95(118(8,9)92-53-45-89(46-54-92)102-70-90(81-35-21-12-22-36-81)69-101(114(102)120)85-39-25-14-26-40-85)76-112-113(111)119(78)107-64-63-99(121(96-57-47-83(48-58-96)79-31-17-10-18-32-79)97-59-49-84(50-60-97)80-33-19-11-20-34-80)77-110(107)123(112)115-103(86-41-27-15-28-42-86)71-91(82-37-23-13-24-38-82)72-104(115)87-43-29-16-30-44-87/h10-67,69-78H,68H2,1-9H3/t78-/m1/s1. The maximum atomic E-state index is 2.76. The minimum atomic E-state index is -0.528. The molecule has 4 nitrogen and oxygen atoms in total. The predicted molar refractivity (Wildman–Crippen MR) is 525 cm³/mol. The third-order valence-electron chi connectivity index (χ3n) is 26.6. The lowest BCUT2D eigenvalue weighted by atomic mass is 9.30. The van der Waals surface area contributed by atoms with Crippen LogP contribution in [0.25, 0.3) is 122 Å². The molecule has 18 aromatic rings. The fraction of sp³-hybridized carbons (Fsp3) is 0.119. The monoisotopic (exact) mass is 1580 g/mol. The zero-order valence-electron chi connectivity index (χ0n) is 71.3. The predicted octanol–water partition coefficient (Wildman–Crippen LogP) is 30.8. The van der Waals surface area contributed by atoms with Crippen LogP contribution in [0.1, 0.15) is 90.1 Å². The summed E-state index contributed by atoms with van der Waals surface area (Å²) in [5, 5.41) is 2.55. The quantitative estimate of drug-likeness (QED) is 0.107. The Balaban J connectivity index is 0.880. The van der Waals surface area contributed by atoms with Crippen LogP contribution in [0.3, 0.4) is 0 Å². The van der Waals surface area contributed by atoms with Gasteiger partial charge in [0, 0.05) is 84.8 Å². The molecule has 0 N–H and O–H groups in total. The second-order valence-corrected chi connectivity index (χ2v) is 36.4. The average molecular weight is 1580 g/mol. The van der Waals surface area contributed by atoms with E-state index in [9.17, 15) is 0 Å². The Hall–Kier alpha value is -14.3. The lowest BCUT2D eigenvalue weighted by Crippen LogP contribution is -2.55. The van der Waals surface area contributed by atoms with Crippen LogP contribution in [0.2, 0.25) is 5.82 Å². The van der Waals surface area contributed by atoms with Crippen molar-refractivity contribution in [3.8, 4) is 94.7 Å². The number of aromatic nitrogens is 1. The zero-order chi connectivity index (χ0) is 83.4. The summed E-state index contributed by atoms with van der Waals surface area (Å²) in [7, 11) is 0. The zero-order valence-corrected chi connectivity index (χ0v) is 71.3. The van der Waals surface area contributed by atoms with Crippen LogP contribution in [0.15, 0.2) is 406 Å². The van der Waals surface area contributed by atoms with E-state index in [0.29, 0.717) is 6.54 Å². The smallest absolute Gasteiger partial charge is 0.224 e. The van der Waals surface area contributed by atoms with E-state index >= 15 is 0 Å². The number of allylic oxidation sites excluding steroid dienone is 1. The van der Waals surface area contributed by atoms with Gasteiger partial charge >= 0.3 is 0 Å². The molecule has 0 aliphatic carbocycles. The number of anilines is 8. The molecule has 22 rings (SSSR count). The summed E-state index contributed by atoms with van der Waals surface area (Å²) in [4.78, 5) is 8.01. The molecule has 123 heavy (non-hydrogen) atoms. The van der Waals surface area contributed by atoms with E-state index in [1.165, 1.54) is 94.1 Å². The van der Waals surface area contributed by atoms with Gasteiger partial charge in [0.05, 0.1) is 22.4 Å². The Kier molecular flexibility index (Phi) is 18.9. The van der Waals surface area contributed by atoms with Gasteiger partial charge < -0.3 is 19.3 Å². The molecule has 4 aliphatic rings. The Bertz CT molecular complexity index is 6850. The Morgan fingerprint density at radius 3 is 1.11 bits per heavy atom. The van der Waals surface area contributed by atoms with Gasteiger partial charge in [-0.1, -0.05) is 360 Å². The third kappa shape index (κ3) is 13.6. The van der Waals surface area contributed by atoms with Crippen LogP contribution >= 0.6 is 0 Å². The molecule has 592 valence electrons. The summed E-state index contributed by atoms with van der Waals surface area (Å²) in [6.45, 7) is 21.7. The fourth-order valence-electron chi connectivity index (χ4n) is 19.8. The largest absolute Gasteiger partial charge is 0.337 e. The highest BCUT2D eigenvalue weighted by Gasteiger charge is 2.46. The highest BCUT2D eigenvalue weighted by molar-refractivity contribution is 6.91. The van der Waals surface area contributed by atoms with Gasteiger partial charge in [-0.3, -0.25) is 0 Å². The molecule has 1 aromatic heterocycles. The first-order chi connectivity index (χ1) is 59.9. The van der Waals surface area contributed by atoms with Crippen LogP contribution < -0.4 is 25.6 Å². The molecule has 0 amide bonds. The van der Waals surface area contributed by atoms with Crippen molar-refractivity contribution in [2.75, 3.05) is 21.2 Å². The van der Waals surface area contributed by atoms with Crippen LogP contribution in [0.4, 0.5) is 45.5 Å². The molecule has 0 spiro atoms. The Morgan fingerprint density at radius 2 is 0.683 bits per heavy atom. The van der Waals surface area contributed by atoms with E-state index in [4.69, 9.17) is 0 Å². The molecule has 0 radical (unpaired) electrons. The van der Waals surface area contributed by atoms with E-state index < -0.39 is 5.41 Å². The first-order valence-corrected chi connectivity index (χ1v) is 43.6. The summed E-state index contributed by atoms with van der Waals surface area (Å²) >= 11 is 0. The first-order valence-electron chi connectivity index (χ1n) is 43.6. The maximum absolute atomic E-state index is 2.76. The minimum Gasteiger partial charge on any atom is -0.337 e. The lowest BCUT2D eigenvalue weighted by Gasteiger charge is -2.45. The second kappa shape index (κ2) is 30.5. The third-order valence-corrected chi connectivity index (χ3v) is 26.6. The molecular weight excluding hydrogens is 1480 g/mol. The molecule has 5 heteroatoms. The van der Waals surface area contributed by atoms with Crippen LogP contribution in [-0.4, -0.2) is 17.8 Å². The summed E-state index contributed by atoms with van der Waals surface area (Å²) in [5.74, 6) is -0.108. The van der Waals surface area contributed by atoms with Gasteiger partial charge in [0.1, 0.15) is 0 Å². The summed E-state index contributed by atoms with van der Waals surface area (Å²) in [6.07, 6.45) is 2.62. The van der Waals surface area contributed by atoms with Gasteiger partial charge in [0.15, 0.2) is 0 Å². The number of fused-ring (bicyclic) bond motifs is 7. The number of nitrogens with zero attached hydrogens (tertiary/aromatic N) is 4. The second-order valence-electron chi connectivity index (χ2n) is 36.4. The van der Waals surface area contributed by atoms with E-state index in [2.05, 4.69) is 488 Å². The van der Waals surface area contributed by atoms with Crippen molar-refractivity contribution in [1.29, 1.82) is 0 Å². The Labute approximate surface area is 724 Å². The lowest BCUT2D eigenvalue weighted by molar-refractivity contribution is 0.590. The normalized spacial score (nSPS) is 14.0. The van der Waals surface area contributed by atoms with Gasteiger partial charge in [-0.2, -0.15) is 0 Å². The molecule has 5 heterocycles. The van der Waals surface area contributed by atoms with Crippen molar-refractivity contribution < 1.29 is 0 Å². The number of hydrogen-bond donors (Lipinski definition) is 0. The first kappa shape index (κ1) is 76.2. The maximum Gasteiger partial charge on any atom is 0.224 e. The van der Waals surface area contributed by atoms with Gasteiger partial charge in [-0.25, -0.2) is 0 Å². The SMILES string of the molecule is C[C@H]1B2c3ccc(N(c4ccc(-c5ccccc5)cc4)c4ccc(-c5ccccc5)cc4)cc3N(c3c(-c4ccccc4)cc(-c4ccccc4)cc3-c3ccccc3)c3cc4cc(c32)N(CC=C1c1ccc(-n2c3ccc(C(C)(C)C)cc3c3cc(C(C)(C)C)ccc32)cc1)c1c(-c2ccccc2)cc(-c2ccccc2)cc1-c1ccc(cc1)C4(C)C. The van der Waals surface area contributed by atoms with Crippen molar-refractivity contribution in [1.82, 2.24) is 4.57 Å². The summed E-state index contributed by atoms with van der Waals surface area (Å²) in [6, 6.07) is 152. The number of hydrogen-bond acceptors (Lipinski definition) is 3. The summed E-state index contributed by atoms with van der Waals surface area (Å²) < 4.78 is 2.51. The Morgan fingerprint density at radius 1 is 0.317 bits per heavy atom. The molecule has 4 bridgehead atoms. The van der Waals surface area contributed by atoms with Crippen molar-refractivity contribution in [3.63, 3.8) is 0 Å². The van der Waals surface area contributed by atoms with Crippen molar-refractivity contribution in [2.24, 2.45) is 0 Å². The highest BCUT2D eigenvalue weighted by atomic mass is 15.2. The van der Waals surface area contributed by atoms with Crippen LogP contribution in [0.5, 0.6) is 0 Å². The van der Waals surface area contributed by atoms with Crippen molar-refractivity contribution in [3.05, 3.63) is 434 Å². The van der Waals surface area contributed by atoms with Gasteiger partial charge in [-0.15, -0.1) is 0 Å². The average Bonchev–Trinajstić information content (AvgIpc) is 1.03. The molecule has 0 saturated carbocycles. The van der Waals surface area contributed by atoms with E-state index in [1.54, 1.807) is 0 Å². The topological polar surface area (TPSA) is 14.7 Å². The molecule has 4 aliphatic heterocycles. The fourth-order valence-corrected chi connectivity index (χ4v) is 19.8. The molecule has 0 unspecified atom stereocenters. The minimum absolute atomic E-state index is 0.0315. The van der Waals surface area contributed by atoms with Gasteiger partial charge in [0.2, 0.25) is 6.71 Å². The highest BCUT2D eigenvalue weighted by Crippen LogP contribution is 2.57. The number of rotatable bonds is 13. The van der Waals surface area contributed by atoms with Crippen molar-refractivity contribution >= 4 is 90.5 Å². The van der Waals surface area contributed by atoms with Crippen LogP contribution in [-0.2, 0) is 16.2 Å². The molecule has 0 fully saturated rings. The van der Waals surface area contributed by atoms with E-state index in [0.717, 1.165) is 112 Å². The summed E-state index contributed by atoms with van der Waals surface area (Å²) in [5.41, 5.74) is 40.3.